The van der Waals surface area contributed by atoms with Crippen molar-refractivity contribution in [1.29, 1.82) is 0 Å². The Morgan fingerprint density at radius 3 is 3.07 bits per heavy atom. The molecule has 0 spiro atoms. The van der Waals surface area contributed by atoms with Crippen LogP contribution in [0.25, 0.3) is 11.3 Å². The third-order valence-electron chi connectivity index (χ3n) is 5.34. The average Bonchev–Trinajstić information content (AvgIpc) is 3.36. The van der Waals surface area contributed by atoms with Gasteiger partial charge in [-0.3, -0.25) is 9.89 Å². The predicted octanol–water partition coefficient (Wildman–Crippen LogP) is 3.62. The van der Waals surface area contributed by atoms with Crippen LogP contribution < -0.4 is 0 Å². The van der Waals surface area contributed by atoms with E-state index in [1.165, 1.54) is 0 Å². The van der Waals surface area contributed by atoms with E-state index in [0.717, 1.165) is 48.6 Å². The fourth-order valence-corrected chi connectivity index (χ4v) is 3.96. The molecule has 1 atom stereocenters. The third-order valence-corrected chi connectivity index (χ3v) is 5.34. The van der Waals surface area contributed by atoms with Crippen LogP contribution >= 0.6 is 0 Å². The number of piperidine rings is 1. The molecule has 6 nitrogen and oxygen atoms in total. The molecular weight excluding hydrogens is 338 g/mol. The number of carbonyl (C=O) groups is 1. The summed E-state index contributed by atoms with van der Waals surface area (Å²) in [6.45, 7) is 6.55. The van der Waals surface area contributed by atoms with Gasteiger partial charge in [-0.05, 0) is 32.8 Å². The number of aromatic nitrogens is 4. The van der Waals surface area contributed by atoms with Crippen LogP contribution in [-0.2, 0) is 6.54 Å². The zero-order valence-corrected chi connectivity index (χ0v) is 15.9. The van der Waals surface area contributed by atoms with Gasteiger partial charge in [-0.1, -0.05) is 23.8 Å². The minimum atomic E-state index is 0.0413. The summed E-state index contributed by atoms with van der Waals surface area (Å²) in [6.07, 6.45) is 7.58. The summed E-state index contributed by atoms with van der Waals surface area (Å²) in [6, 6.07) is 8.13. The molecule has 0 aliphatic carbocycles. The summed E-state index contributed by atoms with van der Waals surface area (Å²) in [5.74, 6) is 1.41. The molecule has 140 valence electrons. The fourth-order valence-electron chi connectivity index (χ4n) is 3.96. The van der Waals surface area contributed by atoms with Crippen LogP contribution in [0.3, 0.4) is 0 Å². The first-order valence-corrected chi connectivity index (χ1v) is 9.58. The second kappa shape index (κ2) is 7.39. The van der Waals surface area contributed by atoms with Crippen LogP contribution in [-0.4, -0.2) is 43.6 Å². The summed E-state index contributed by atoms with van der Waals surface area (Å²) < 4.78 is 2.18. The highest BCUT2D eigenvalue weighted by atomic mass is 16.2. The number of carbonyl (C=O) groups excluding carboxylic acids is 1. The van der Waals surface area contributed by atoms with E-state index >= 15 is 0 Å². The highest BCUT2D eigenvalue weighted by Gasteiger charge is 2.29. The Kier molecular flexibility index (Phi) is 4.79. The summed E-state index contributed by atoms with van der Waals surface area (Å²) in [5, 5.41) is 7.16. The Balaban J connectivity index is 1.58. The number of likely N-dealkylation sites (tertiary alicyclic amines) is 1. The zero-order valence-electron chi connectivity index (χ0n) is 15.9. The highest BCUT2D eigenvalue weighted by Crippen LogP contribution is 2.29. The van der Waals surface area contributed by atoms with E-state index in [9.17, 15) is 4.79 Å². The van der Waals surface area contributed by atoms with Crippen molar-refractivity contribution in [2.24, 2.45) is 0 Å². The first kappa shape index (κ1) is 17.5. The predicted molar refractivity (Wildman–Crippen MR) is 105 cm³/mol. The SMILES string of the molecule is CCn1ccnc1[C@H]1CCCN(C(=O)c2cn[nH]c2-c2cccc(C)c2)C1. The van der Waals surface area contributed by atoms with E-state index in [1.54, 1.807) is 6.20 Å². The molecule has 0 unspecified atom stereocenters. The number of rotatable bonds is 4. The van der Waals surface area contributed by atoms with Crippen molar-refractivity contribution in [2.75, 3.05) is 13.1 Å². The van der Waals surface area contributed by atoms with Gasteiger partial charge >= 0.3 is 0 Å². The highest BCUT2D eigenvalue weighted by molar-refractivity contribution is 5.99. The Hall–Kier alpha value is -2.89. The van der Waals surface area contributed by atoms with Crippen LogP contribution in [0.1, 0.15) is 47.4 Å². The lowest BCUT2D eigenvalue weighted by atomic mass is 9.96. The van der Waals surface area contributed by atoms with Gasteiger partial charge in [0.1, 0.15) is 5.82 Å². The lowest BCUT2D eigenvalue weighted by Gasteiger charge is -2.32. The lowest BCUT2D eigenvalue weighted by molar-refractivity contribution is 0.0704. The van der Waals surface area contributed by atoms with E-state index in [2.05, 4.69) is 32.7 Å². The number of H-pyrrole nitrogens is 1. The molecule has 2 aromatic heterocycles. The Morgan fingerprint density at radius 2 is 2.26 bits per heavy atom. The molecule has 3 aromatic rings. The fraction of sp³-hybridized carbons (Fsp3) is 0.381. The number of aryl methyl sites for hydroxylation is 2. The molecule has 0 saturated carbocycles. The number of benzene rings is 1. The molecule has 1 aromatic carbocycles. The minimum absolute atomic E-state index is 0.0413. The number of nitrogens with one attached hydrogen (secondary N) is 1. The Labute approximate surface area is 159 Å². The Bertz CT molecular complexity index is 941. The molecule has 27 heavy (non-hydrogen) atoms. The number of hydrogen-bond donors (Lipinski definition) is 1. The first-order chi connectivity index (χ1) is 13.2. The number of amides is 1. The van der Waals surface area contributed by atoms with Gasteiger partial charge in [-0.25, -0.2) is 4.98 Å². The van der Waals surface area contributed by atoms with Crippen molar-refractivity contribution in [3.05, 3.63) is 59.8 Å². The zero-order chi connectivity index (χ0) is 18.8. The second-order valence-electron chi connectivity index (χ2n) is 7.19. The van der Waals surface area contributed by atoms with Crippen molar-refractivity contribution in [3.63, 3.8) is 0 Å². The average molecular weight is 363 g/mol. The van der Waals surface area contributed by atoms with Crippen LogP contribution in [0, 0.1) is 6.92 Å². The Morgan fingerprint density at radius 1 is 1.37 bits per heavy atom. The molecule has 3 heterocycles. The first-order valence-electron chi connectivity index (χ1n) is 9.58. The maximum absolute atomic E-state index is 13.2. The van der Waals surface area contributed by atoms with Crippen LogP contribution in [0.4, 0.5) is 0 Å². The summed E-state index contributed by atoms with van der Waals surface area (Å²) >= 11 is 0. The largest absolute Gasteiger partial charge is 0.338 e. The van der Waals surface area contributed by atoms with Crippen molar-refractivity contribution >= 4 is 5.91 Å². The smallest absolute Gasteiger partial charge is 0.257 e. The van der Waals surface area contributed by atoms with Gasteiger partial charge in [-0.2, -0.15) is 5.10 Å². The van der Waals surface area contributed by atoms with E-state index in [1.807, 2.05) is 42.4 Å². The van der Waals surface area contributed by atoms with Crippen molar-refractivity contribution in [3.8, 4) is 11.3 Å². The number of hydrogen-bond acceptors (Lipinski definition) is 3. The van der Waals surface area contributed by atoms with Gasteiger partial charge in [0.2, 0.25) is 0 Å². The van der Waals surface area contributed by atoms with Crippen molar-refractivity contribution in [2.45, 2.75) is 39.2 Å². The van der Waals surface area contributed by atoms with Crippen LogP contribution in [0.15, 0.2) is 42.9 Å². The molecule has 0 radical (unpaired) electrons. The molecule has 6 heteroatoms. The normalized spacial score (nSPS) is 17.3. The monoisotopic (exact) mass is 363 g/mol. The van der Waals surface area contributed by atoms with Gasteiger partial charge in [0, 0.05) is 43.5 Å². The van der Waals surface area contributed by atoms with Crippen molar-refractivity contribution in [1.82, 2.24) is 24.6 Å². The van der Waals surface area contributed by atoms with E-state index < -0.39 is 0 Å². The van der Waals surface area contributed by atoms with Gasteiger partial charge in [0.05, 0.1) is 17.5 Å². The quantitative estimate of drug-likeness (QED) is 0.770. The van der Waals surface area contributed by atoms with Gasteiger partial charge in [-0.15, -0.1) is 0 Å². The van der Waals surface area contributed by atoms with E-state index in [-0.39, 0.29) is 11.8 Å². The van der Waals surface area contributed by atoms with E-state index in [0.29, 0.717) is 12.1 Å². The van der Waals surface area contributed by atoms with Crippen LogP contribution in [0.2, 0.25) is 0 Å². The standard InChI is InChI=1S/C21H25N5O/c1-3-25-11-9-22-20(25)17-8-5-10-26(14-17)21(27)18-13-23-24-19(18)16-7-4-6-15(2)12-16/h4,6-7,9,11-13,17H,3,5,8,10,14H2,1-2H3,(H,23,24)/t17-/m0/s1. The molecule has 1 saturated heterocycles. The minimum Gasteiger partial charge on any atom is -0.338 e. The van der Waals surface area contributed by atoms with Crippen LogP contribution in [0.5, 0.6) is 0 Å². The molecule has 1 N–H and O–H groups in total. The maximum atomic E-state index is 13.2. The van der Waals surface area contributed by atoms with Gasteiger partial charge < -0.3 is 9.47 Å². The molecule has 1 aliphatic rings. The maximum Gasteiger partial charge on any atom is 0.257 e. The summed E-state index contributed by atoms with van der Waals surface area (Å²) in [7, 11) is 0. The second-order valence-corrected chi connectivity index (χ2v) is 7.19. The third kappa shape index (κ3) is 3.39. The number of aromatic amines is 1. The van der Waals surface area contributed by atoms with E-state index in [4.69, 9.17) is 0 Å². The number of imidazole rings is 1. The molecule has 0 bridgehead atoms. The molecule has 4 rings (SSSR count). The summed E-state index contributed by atoms with van der Waals surface area (Å²) in [5.41, 5.74) is 3.58. The topological polar surface area (TPSA) is 66.8 Å². The molecule has 1 fully saturated rings. The van der Waals surface area contributed by atoms with Gasteiger partial charge in [0.15, 0.2) is 0 Å². The summed E-state index contributed by atoms with van der Waals surface area (Å²) in [4.78, 5) is 19.7. The number of nitrogens with zero attached hydrogens (tertiary/aromatic N) is 4. The molecule has 1 aliphatic heterocycles. The molecule has 1 amide bonds. The lowest BCUT2D eigenvalue weighted by Crippen LogP contribution is -2.39. The van der Waals surface area contributed by atoms with Crippen molar-refractivity contribution < 1.29 is 4.79 Å². The molecular formula is C21H25N5O. The van der Waals surface area contributed by atoms with Gasteiger partial charge in [0.25, 0.3) is 5.91 Å².